The molecular weight excluding hydrogens is 228 g/mol. The molecule has 18 heavy (non-hydrogen) atoms. The molecule has 0 amide bonds. The maximum absolute atomic E-state index is 11.4. The highest BCUT2D eigenvalue weighted by molar-refractivity contribution is 5.75. The number of methoxy groups -OCH3 is 1. The second-order valence-electron chi connectivity index (χ2n) is 4.46. The van der Waals surface area contributed by atoms with E-state index in [2.05, 4.69) is 11.8 Å². The largest absolute Gasteiger partial charge is 0.497 e. The Bertz CT molecular complexity index is 496. The van der Waals surface area contributed by atoms with Gasteiger partial charge in [-0.3, -0.25) is 4.79 Å². The number of benzene rings is 1. The zero-order chi connectivity index (χ0) is 13.0. The second kappa shape index (κ2) is 5.59. The third-order valence-electron chi connectivity index (χ3n) is 3.00. The zero-order valence-electron chi connectivity index (χ0n) is 10.6. The van der Waals surface area contributed by atoms with E-state index in [1.807, 2.05) is 31.2 Å². The lowest BCUT2D eigenvalue weighted by Gasteiger charge is -1.99. The Morgan fingerprint density at radius 3 is 2.94 bits per heavy atom. The van der Waals surface area contributed by atoms with Crippen LogP contribution in [-0.4, -0.2) is 19.7 Å². The van der Waals surface area contributed by atoms with Crippen LogP contribution in [0.3, 0.4) is 0 Å². The van der Waals surface area contributed by atoms with Crippen molar-refractivity contribution in [2.24, 2.45) is 11.8 Å². The molecule has 2 rings (SSSR count). The molecule has 0 radical (unpaired) electrons. The van der Waals surface area contributed by atoms with Gasteiger partial charge in [-0.1, -0.05) is 24.8 Å². The van der Waals surface area contributed by atoms with Crippen molar-refractivity contribution in [2.75, 3.05) is 13.7 Å². The maximum Gasteiger partial charge on any atom is 0.310 e. The Morgan fingerprint density at radius 1 is 1.50 bits per heavy atom. The van der Waals surface area contributed by atoms with E-state index in [0.717, 1.165) is 17.7 Å². The van der Waals surface area contributed by atoms with Crippen molar-refractivity contribution < 1.29 is 14.3 Å². The maximum atomic E-state index is 11.4. The Morgan fingerprint density at radius 2 is 2.28 bits per heavy atom. The summed E-state index contributed by atoms with van der Waals surface area (Å²) in [6, 6.07) is 7.47. The number of hydrogen-bond donors (Lipinski definition) is 0. The fraction of sp³-hybridized carbons (Fsp3) is 0.400. The first-order valence-electron chi connectivity index (χ1n) is 6.00. The molecule has 0 saturated heterocycles. The van der Waals surface area contributed by atoms with Crippen LogP contribution in [0.1, 0.15) is 18.9 Å². The van der Waals surface area contributed by atoms with Crippen LogP contribution in [0.15, 0.2) is 24.3 Å². The molecule has 1 aliphatic rings. The van der Waals surface area contributed by atoms with E-state index in [1.54, 1.807) is 7.11 Å². The number of esters is 1. The van der Waals surface area contributed by atoms with E-state index in [9.17, 15) is 4.79 Å². The van der Waals surface area contributed by atoms with Gasteiger partial charge in [0.05, 0.1) is 13.0 Å². The van der Waals surface area contributed by atoms with E-state index in [0.29, 0.717) is 5.92 Å². The van der Waals surface area contributed by atoms with Crippen molar-refractivity contribution in [2.45, 2.75) is 13.3 Å². The summed E-state index contributed by atoms with van der Waals surface area (Å²) in [5, 5.41) is 0. The van der Waals surface area contributed by atoms with Crippen molar-refractivity contribution in [3.8, 4) is 17.6 Å². The molecule has 1 aromatic carbocycles. The summed E-state index contributed by atoms with van der Waals surface area (Å²) in [6.07, 6.45) is 0.947. The van der Waals surface area contributed by atoms with Crippen LogP contribution >= 0.6 is 0 Å². The molecule has 0 spiro atoms. The Labute approximate surface area is 107 Å². The number of ether oxygens (including phenoxy) is 2. The molecule has 3 heteroatoms. The van der Waals surface area contributed by atoms with Gasteiger partial charge in [-0.15, -0.1) is 0 Å². The summed E-state index contributed by atoms with van der Waals surface area (Å²) < 4.78 is 10.2. The minimum absolute atomic E-state index is 0.101. The minimum atomic E-state index is -0.123. The van der Waals surface area contributed by atoms with Crippen LogP contribution in [0.4, 0.5) is 0 Å². The van der Waals surface area contributed by atoms with Crippen molar-refractivity contribution in [1.29, 1.82) is 0 Å². The molecule has 3 nitrogen and oxygen atoms in total. The number of carbonyl (C=O) groups is 1. The molecule has 0 heterocycles. The summed E-state index contributed by atoms with van der Waals surface area (Å²) in [6.45, 7) is 2.20. The lowest BCUT2D eigenvalue weighted by Crippen LogP contribution is -2.07. The fourth-order valence-electron chi connectivity index (χ4n) is 1.70. The molecule has 94 valence electrons. The lowest BCUT2D eigenvalue weighted by atomic mass is 10.2. The molecule has 0 bridgehead atoms. The van der Waals surface area contributed by atoms with E-state index >= 15 is 0 Å². The summed E-state index contributed by atoms with van der Waals surface area (Å²) >= 11 is 0. The third kappa shape index (κ3) is 3.27. The Hall–Kier alpha value is -1.95. The average molecular weight is 244 g/mol. The highest BCUT2D eigenvalue weighted by Gasteiger charge is 2.40. The lowest BCUT2D eigenvalue weighted by molar-refractivity contribution is -0.144. The monoisotopic (exact) mass is 244 g/mol. The molecule has 0 unspecified atom stereocenters. The summed E-state index contributed by atoms with van der Waals surface area (Å²) in [4.78, 5) is 11.4. The van der Waals surface area contributed by atoms with Crippen LogP contribution in [0.2, 0.25) is 0 Å². The van der Waals surface area contributed by atoms with Crippen LogP contribution in [-0.2, 0) is 9.53 Å². The quantitative estimate of drug-likeness (QED) is 0.604. The first kappa shape index (κ1) is 12.5. The zero-order valence-corrected chi connectivity index (χ0v) is 10.6. The molecule has 1 fully saturated rings. The van der Waals surface area contributed by atoms with Crippen LogP contribution in [0, 0.1) is 23.7 Å². The molecule has 2 atom stereocenters. The summed E-state index contributed by atoms with van der Waals surface area (Å²) in [5.74, 6) is 6.99. The van der Waals surface area contributed by atoms with E-state index in [4.69, 9.17) is 9.47 Å². The summed E-state index contributed by atoms with van der Waals surface area (Å²) in [7, 11) is 1.62. The molecule has 0 aliphatic heterocycles. The molecular formula is C15H16O3. The number of rotatable bonds is 3. The van der Waals surface area contributed by atoms with E-state index < -0.39 is 0 Å². The third-order valence-corrected chi connectivity index (χ3v) is 3.00. The van der Waals surface area contributed by atoms with Gasteiger partial charge in [-0.05, 0) is 30.5 Å². The standard InChI is InChI=1S/C15H16O3/c1-11-9-14(11)15(16)18-8-4-6-12-5-3-7-13(10-12)17-2/h3,5,7,10-11,14H,8-9H2,1-2H3/t11-,14+/m1/s1. The second-order valence-corrected chi connectivity index (χ2v) is 4.46. The highest BCUT2D eigenvalue weighted by Crippen LogP contribution is 2.38. The van der Waals surface area contributed by atoms with Gasteiger partial charge in [0.25, 0.3) is 0 Å². The van der Waals surface area contributed by atoms with Crippen molar-refractivity contribution >= 4 is 5.97 Å². The number of hydrogen-bond acceptors (Lipinski definition) is 3. The van der Waals surface area contributed by atoms with Gasteiger partial charge >= 0.3 is 5.97 Å². The van der Waals surface area contributed by atoms with Crippen LogP contribution in [0.25, 0.3) is 0 Å². The van der Waals surface area contributed by atoms with Crippen LogP contribution < -0.4 is 4.74 Å². The predicted octanol–water partition coefficient (Wildman–Crippen LogP) is 2.25. The summed E-state index contributed by atoms with van der Waals surface area (Å²) in [5.41, 5.74) is 0.852. The smallest absolute Gasteiger partial charge is 0.310 e. The van der Waals surface area contributed by atoms with Gasteiger partial charge in [0, 0.05) is 5.56 Å². The van der Waals surface area contributed by atoms with Gasteiger partial charge in [0.1, 0.15) is 5.75 Å². The molecule has 0 aromatic heterocycles. The first-order chi connectivity index (χ1) is 8.70. The topological polar surface area (TPSA) is 35.5 Å². The normalized spacial score (nSPS) is 20.6. The van der Waals surface area contributed by atoms with Gasteiger partial charge < -0.3 is 9.47 Å². The van der Waals surface area contributed by atoms with Crippen molar-refractivity contribution in [3.05, 3.63) is 29.8 Å². The van der Waals surface area contributed by atoms with E-state index in [1.165, 1.54) is 0 Å². The van der Waals surface area contributed by atoms with Gasteiger partial charge in [-0.25, -0.2) is 0 Å². The van der Waals surface area contributed by atoms with Crippen LogP contribution in [0.5, 0.6) is 5.75 Å². The highest BCUT2D eigenvalue weighted by atomic mass is 16.5. The van der Waals surface area contributed by atoms with Gasteiger partial charge in [0.2, 0.25) is 0 Å². The Balaban J connectivity index is 1.82. The van der Waals surface area contributed by atoms with Gasteiger partial charge in [-0.2, -0.15) is 0 Å². The fourth-order valence-corrected chi connectivity index (χ4v) is 1.70. The molecule has 1 aliphatic carbocycles. The average Bonchev–Trinajstić information content (AvgIpc) is 3.12. The minimum Gasteiger partial charge on any atom is -0.497 e. The number of carbonyl (C=O) groups excluding carboxylic acids is 1. The first-order valence-corrected chi connectivity index (χ1v) is 6.00. The molecule has 1 aromatic rings. The van der Waals surface area contributed by atoms with Crippen molar-refractivity contribution in [1.82, 2.24) is 0 Å². The van der Waals surface area contributed by atoms with Crippen molar-refractivity contribution in [3.63, 3.8) is 0 Å². The predicted molar refractivity (Wildman–Crippen MR) is 68.1 cm³/mol. The molecule has 0 N–H and O–H groups in total. The van der Waals surface area contributed by atoms with Gasteiger partial charge in [0.15, 0.2) is 6.61 Å². The van der Waals surface area contributed by atoms with E-state index in [-0.39, 0.29) is 18.5 Å². The molecule has 1 saturated carbocycles. The Kier molecular flexibility index (Phi) is 3.88. The SMILES string of the molecule is COc1cccc(C#CCOC(=O)[C@H]2C[C@H]2C)c1.